The highest BCUT2D eigenvalue weighted by Gasteiger charge is 2.00. The summed E-state index contributed by atoms with van der Waals surface area (Å²) in [6.07, 6.45) is 0. The van der Waals surface area contributed by atoms with Crippen molar-refractivity contribution in [3.05, 3.63) is 28.2 Å². The lowest BCUT2D eigenvalue weighted by Crippen LogP contribution is -2.22. The molecule has 3 N–H and O–H groups in total. The zero-order chi connectivity index (χ0) is 10.4. The Morgan fingerprint density at radius 3 is 2.93 bits per heavy atom. The van der Waals surface area contributed by atoms with Crippen molar-refractivity contribution in [3.8, 4) is 5.75 Å². The van der Waals surface area contributed by atoms with Gasteiger partial charge in [0.15, 0.2) is 0 Å². The van der Waals surface area contributed by atoms with Crippen LogP contribution in [-0.2, 0) is 6.54 Å². The summed E-state index contributed by atoms with van der Waals surface area (Å²) >= 11 is 3.48. The van der Waals surface area contributed by atoms with Crippen LogP contribution in [0.1, 0.15) is 5.56 Å². The van der Waals surface area contributed by atoms with Crippen molar-refractivity contribution in [1.29, 1.82) is 0 Å². The molecule has 0 spiro atoms. The number of hydrogen-bond donors (Lipinski definition) is 2. The van der Waals surface area contributed by atoms with Gasteiger partial charge in [-0.25, -0.2) is 0 Å². The molecule has 0 amide bonds. The van der Waals surface area contributed by atoms with Crippen LogP contribution < -0.4 is 15.8 Å². The topological polar surface area (TPSA) is 47.3 Å². The molecule has 1 aromatic carbocycles. The van der Waals surface area contributed by atoms with Gasteiger partial charge in [-0.3, -0.25) is 0 Å². The van der Waals surface area contributed by atoms with Crippen LogP contribution in [0.3, 0.4) is 0 Å². The van der Waals surface area contributed by atoms with Crippen LogP contribution in [0.5, 0.6) is 5.75 Å². The van der Waals surface area contributed by atoms with Crippen LogP contribution in [-0.4, -0.2) is 20.2 Å². The summed E-state index contributed by atoms with van der Waals surface area (Å²) in [5.41, 5.74) is 6.57. The highest BCUT2D eigenvalue weighted by atomic mass is 79.9. The second-order valence-electron chi connectivity index (χ2n) is 2.92. The Morgan fingerprint density at radius 1 is 1.50 bits per heavy atom. The van der Waals surface area contributed by atoms with Crippen LogP contribution in [0.25, 0.3) is 0 Å². The van der Waals surface area contributed by atoms with Gasteiger partial charge in [0.2, 0.25) is 0 Å². The maximum atomic E-state index is 5.39. The first kappa shape index (κ1) is 11.5. The standard InChI is InChI=1S/C10H15BrN2O/c1-14-9-2-3-10(11)8(6-9)7-13-5-4-12/h2-3,6,13H,4-5,7,12H2,1H3. The third-order valence-electron chi connectivity index (χ3n) is 1.89. The van der Waals surface area contributed by atoms with Crippen molar-refractivity contribution < 1.29 is 4.74 Å². The monoisotopic (exact) mass is 258 g/mol. The molecular formula is C10H15BrN2O. The lowest BCUT2D eigenvalue weighted by atomic mass is 10.2. The van der Waals surface area contributed by atoms with E-state index in [9.17, 15) is 0 Å². The smallest absolute Gasteiger partial charge is 0.119 e. The zero-order valence-electron chi connectivity index (χ0n) is 8.22. The second-order valence-corrected chi connectivity index (χ2v) is 3.78. The Labute approximate surface area is 92.8 Å². The third-order valence-corrected chi connectivity index (χ3v) is 2.66. The Bertz CT molecular complexity index is 291. The highest BCUT2D eigenvalue weighted by Crippen LogP contribution is 2.22. The van der Waals surface area contributed by atoms with Crippen LogP contribution >= 0.6 is 15.9 Å². The second kappa shape index (κ2) is 6.01. The van der Waals surface area contributed by atoms with E-state index in [1.54, 1.807) is 7.11 Å². The van der Waals surface area contributed by atoms with E-state index in [1.807, 2.05) is 18.2 Å². The summed E-state index contributed by atoms with van der Waals surface area (Å²) in [6, 6.07) is 5.92. The largest absolute Gasteiger partial charge is 0.497 e. The van der Waals surface area contributed by atoms with Crippen LogP contribution in [0, 0.1) is 0 Å². The van der Waals surface area contributed by atoms with Gasteiger partial charge in [-0.05, 0) is 23.8 Å². The molecule has 0 atom stereocenters. The van der Waals surface area contributed by atoms with E-state index >= 15 is 0 Å². The summed E-state index contributed by atoms with van der Waals surface area (Å²) in [5.74, 6) is 0.873. The third kappa shape index (κ3) is 3.29. The Balaban J connectivity index is 2.64. The lowest BCUT2D eigenvalue weighted by molar-refractivity contribution is 0.414. The van der Waals surface area contributed by atoms with Crippen LogP contribution in [0.2, 0.25) is 0 Å². The van der Waals surface area contributed by atoms with E-state index in [-0.39, 0.29) is 0 Å². The number of halogens is 1. The Morgan fingerprint density at radius 2 is 2.29 bits per heavy atom. The van der Waals surface area contributed by atoms with E-state index in [1.165, 1.54) is 5.56 Å². The molecule has 0 heterocycles. The molecule has 0 unspecified atom stereocenters. The van der Waals surface area contributed by atoms with Crippen molar-refractivity contribution in [2.24, 2.45) is 5.73 Å². The quantitative estimate of drug-likeness (QED) is 0.788. The summed E-state index contributed by atoms with van der Waals surface area (Å²) in [6.45, 7) is 2.28. The van der Waals surface area contributed by atoms with Gasteiger partial charge in [0.05, 0.1) is 7.11 Å². The van der Waals surface area contributed by atoms with Gasteiger partial charge in [-0.2, -0.15) is 0 Å². The van der Waals surface area contributed by atoms with Gasteiger partial charge < -0.3 is 15.8 Å². The van der Waals surface area contributed by atoms with Gasteiger partial charge in [-0.15, -0.1) is 0 Å². The number of nitrogens with two attached hydrogens (primary N) is 1. The first-order valence-corrected chi connectivity index (χ1v) is 5.30. The molecule has 0 aliphatic heterocycles. The molecule has 14 heavy (non-hydrogen) atoms. The van der Waals surface area contributed by atoms with Crippen LogP contribution in [0.15, 0.2) is 22.7 Å². The normalized spacial score (nSPS) is 10.2. The maximum Gasteiger partial charge on any atom is 0.119 e. The van der Waals surface area contributed by atoms with E-state index < -0.39 is 0 Å². The van der Waals surface area contributed by atoms with Crippen molar-refractivity contribution in [2.75, 3.05) is 20.2 Å². The Kier molecular flexibility index (Phi) is 4.93. The van der Waals surface area contributed by atoms with Crippen molar-refractivity contribution >= 4 is 15.9 Å². The molecule has 4 heteroatoms. The minimum absolute atomic E-state index is 0.654. The van der Waals surface area contributed by atoms with Crippen molar-refractivity contribution in [1.82, 2.24) is 5.32 Å². The molecule has 1 rings (SSSR count). The Hall–Kier alpha value is -0.580. The van der Waals surface area contributed by atoms with Crippen molar-refractivity contribution in [3.63, 3.8) is 0 Å². The fourth-order valence-electron chi connectivity index (χ4n) is 1.14. The van der Waals surface area contributed by atoms with Gasteiger partial charge >= 0.3 is 0 Å². The van der Waals surface area contributed by atoms with E-state index in [0.717, 1.165) is 23.3 Å². The molecule has 0 aliphatic carbocycles. The van der Waals surface area contributed by atoms with Gasteiger partial charge in [-0.1, -0.05) is 15.9 Å². The molecule has 0 saturated carbocycles. The summed E-state index contributed by atoms with van der Waals surface area (Å²) in [4.78, 5) is 0. The fraction of sp³-hybridized carbons (Fsp3) is 0.400. The molecule has 1 aromatic rings. The first-order chi connectivity index (χ1) is 6.77. The minimum atomic E-state index is 0.654. The summed E-state index contributed by atoms with van der Waals surface area (Å²) < 4.78 is 6.23. The zero-order valence-corrected chi connectivity index (χ0v) is 9.80. The van der Waals surface area contributed by atoms with Gasteiger partial charge in [0.25, 0.3) is 0 Å². The molecule has 0 radical (unpaired) electrons. The van der Waals surface area contributed by atoms with E-state index in [0.29, 0.717) is 6.54 Å². The van der Waals surface area contributed by atoms with Gasteiger partial charge in [0, 0.05) is 24.1 Å². The SMILES string of the molecule is COc1ccc(Br)c(CNCCN)c1. The molecule has 0 fully saturated rings. The van der Waals surface area contributed by atoms with Crippen LogP contribution in [0.4, 0.5) is 0 Å². The average Bonchev–Trinajstić information content (AvgIpc) is 2.21. The van der Waals surface area contributed by atoms with E-state index in [2.05, 4.69) is 21.2 Å². The number of ether oxygens (including phenoxy) is 1. The van der Waals surface area contributed by atoms with E-state index in [4.69, 9.17) is 10.5 Å². The summed E-state index contributed by atoms with van der Waals surface area (Å²) in [7, 11) is 1.67. The summed E-state index contributed by atoms with van der Waals surface area (Å²) in [5, 5.41) is 3.23. The molecular weight excluding hydrogens is 244 g/mol. The predicted octanol–water partition coefficient (Wildman–Crippen LogP) is 1.51. The predicted molar refractivity (Wildman–Crippen MR) is 61.5 cm³/mol. The maximum absolute atomic E-state index is 5.39. The number of methoxy groups -OCH3 is 1. The molecule has 78 valence electrons. The van der Waals surface area contributed by atoms with Crippen molar-refractivity contribution in [2.45, 2.75) is 6.54 Å². The fourth-order valence-corrected chi connectivity index (χ4v) is 1.53. The van der Waals surface area contributed by atoms with Gasteiger partial charge in [0.1, 0.15) is 5.75 Å². The lowest BCUT2D eigenvalue weighted by Gasteiger charge is -2.07. The molecule has 0 aromatic heterocycles. The first-order valence-electron chi connectivity index (χ1n) is 4.51. The molecule has 0 bridgehead atoms. The molecule has 3 nitrogen and oxygen atoms in total. The molecule has 0 saturated heterocycles. The number of benzene rings is 1. The number of rotatable bonds is 5. The molecule has 0 aliphatic rings. The number of hydrogen-bond acceptors (Lipinski definition) is 3. The number of nitrogens with one attached hydrogen (secondary N) is 1. The average molecular weight is 259 g/mol. The minimum Gasteiger partial charge on any atom is -0.497 e. The highest BCUT2D eigenvalue weighted by molar-refractivity contribution is 9.10.